The summed E-state index contributed by atoms with van der Waals surface area (Å²) < 4.78 is 5.69. The molecule has 0 aliphatic heterocycles. The first kappa shape index (κ1) is 19.5. The van der Waals surface area contributed by atoms with Crippen molar-refractivity contribution in [2.24, 2.45) is 0 Å². The number of aliphatic hydroxyl groups is 1. The van der Waals surface area contributed by atoms with Gasteiger partial charge in [0.15, 0.2) is 0 Å². The molecule has 2 aromatic carbocycles. The summed E-state index contributed by atoms with van der Waals surface area (Å²) in [6.07, 6.45) is -0.235. The largest absolute Gasteiger partial charge is 0.497 e. The fourth-order valence-corrected chi connectivity index (χ4v) is 3.07. The molecule has 134 valence electrons. The van der Waals surface area contributed by atoms with Crippen molar-refractivity contribution in [1.82, 2.24) is 0 Å². The molecule has 2 rings (SSSR count). The van der Waals surface area contributed by atoms with Gasteiger partial charge in [-0.05, 0) is 51.7 Å². The minimum atomic E-state index is -0.785. The fourth-order valence-electron chi connectivity index (χ4n) is 2.32. The van der Waals surface area contributed by atoms with E-state index in [2.05, 4.69) is 21.2 Å². The summed E-state index contributed by atoms with van der Waals surface area (Å²) in [5.41, 5.74) is 2.08. The van der Waals surface area contributed by atoms with Crippen molar-refractivity contribution in [1.29, 1.82) is 0 Å². The van der Waals surface area contributed by atoms with E-state index in [1.54, 1.807) is 7.11 Å². The first-order valence-corrected chi connectivity index (χ1v) is 8.85. The number of hydrogen-bond donors (Lipinski definition) is 2. The van der Waals surface area contributed by atoms with E-state index in [-0.39, 0.29) is 18.1 Å². The molecule has 6 nitrogen and oxygen atoms in total. The van der Waals surface area contributed by atoms with Crippen LogP contribution in [-0.2, 0) is 6.42 Å². The van der Waals surface area contributed by atoms with Crippen molar-refractivity contribution in [3.63, 3.8) is 0 Å². The third kappa shape index (κ3) is 5.32. The lowest BCUT2D eigenvalue weighted by Crippen LogP contribution is -2.21. The zero-order valence-corrected chi connectivity index (χ0v) is 15.9. The van der Waals surface area contributed by atoms with Gasteiger partial charge in [0.2, 0.25) is 0 Å². The number of benzene rings is 2. The first-order chi connectivity index (χ1) is 11.9. The number of nitrogens with zero attached hydrogens (tertiary/aromatic N) is 1. The van der Waals surface area contributed by atoms with Crippen LogP contribution in [0.4, 0.5) is 11.4 Å². The Kier molecular flexibility index (Phi) is 7.04. The number of methoxy groups -OCH3 is 1. The van der Waals surface area contributed by atoms with Crippen LogP contribution < -0.4 is 10.1 Å². The normalized spacial score (nSPS) is 11.8. The second-order valence-corrected chi connectivity index (χ2v) is 6.61. The maximum Gasteiger partial charge on any atom is 0.293 e. The van der Waals surface area contributed by atoms with Crippen molar-refractivity contribution in [3.05, 3.63) is 62.1 Å². The van der Waals surface area contributed by atoms with Crippen LogP contribution in [0, 0.1) is 10.1 Å². The summed E-state index contributed by atoms with van der Waals surface area (Å²) in [6.45, 7) is 0.126. The zero-order valence-electron chi connectivity index (χ0n) is 13.5. The number of nitro benzene ring substituents is 1. The molecule has 0 aliphatic carbocycles. The Balaban J connectivity index is 2.26. The lowest BCUT2D eigenvalue weighted by atomic mass is 10.0. The molecule has 0 aromatic heterocycles. The van der Waals surface area contributed by atoms with Gasteiger partial charge in [0.05, 0.1) is 24.0 Å². The Morgan fingerprint density at radius 1 is 1.32 bits per heavy atom. The Morgan fingerprint density at radius 3 is 2.56 bits per heavy atom. The second-order valence-electron chi connectivity index (χ2n) is 5.44. The first-order valence-electron chi connectivity index (χ1n) is 7.52. The van der Waals surface area contributed by atoms with Crippen LogP contribution in [0.3, 0.4) is 0 Å². The summed E-state index contributed by atoms with van der Waals surface area (Å²) in [6, 6.07) is 10.9. The fraction of sp³-hybridized carbons (Fsp3) is 0.294. The van der Waals surface area contributed by atoms with Gasteiger partial charge in [0.1, 0.15) is 11.4 Å². The summed E-state index contributed by atoms with van der Waals surface area (Å²) >= 11 is 8.93. The number of halogens is 2. The predicted octanol–water partition coefficient (Wildman–Crippen LogP) is 3.97. The van der Waals surface area contributed by atoms with Crippen LogP contribution in [0.25, 0.3) is 0 Å². The SMILES string of the molecule is COc1ccc(Cc2cc(Br)c(NCC(O)CCl)c([N+](=O)[O-])c2)cc1. The molecule has 8 heteroatoms. The Hall–Kier alpha value is -1.83. The molecule has 0 bridgehead atoms. The Bertz CT molecular complexity index is 740. The van der Waals surface area contributed by atoms with Gasteiger partial charge >= 0.3 is 0 Å². The van der Waals surface area contributed by atoms with Gasteiger partial charge in [-0.15, -0.1) is 11.6 Å². The van der Waals surface area contributed by atoms with Crippen molar-refractivity contribution in [2.75, 3.05) is 24.9 Å². The zero-order chi connectivity index (χ0) is 18.4. The van der Waals surface area contributed by atoms with Crippen molar-refractivity contribution >= 4 is 38.9 Å². The number of nitrogens with one attached hydrogen (secondary N) is 1. The lowest BCUT2D eigenvalue weighted by Gasteiger charge is -2.13. The van der Waals surface area contributed by atoms with Gasteiger partial charge in [-0.3, -0.25) is 10.1 Å². The standard InChI is InChI=1S/C17H18BrClN2O4/c1-25-14-4-2-11(3-5-14)6-12-7-15(18)17(16(8-12)21(23)24)20-10-13(22)9-19/h2-5,7-8,13,20,22H,6,9-10H2,1H3. The van der Waals surface area contributed by atoms with Gasteiger partial charge < -0.3 is 15.2 Å². The average molecular weight is 430 g/mol. The molecular weight excluding hydrogens is 412 g/mol. The molecule has 0 saturated heterocycles. The number of anilines is 1. The van der Waals surface area contributed by atoms with Gasteiger partial charge in [0, 0.05) is 17.1 Å². The molecule has 0 fully saturated rings. The third-order valence-electron chi connectivity index (χ3n) is 3.59. The maximum absolute atomic E-state index is 11.4. The Morgan fingerprint density at radius 2 is 2.00 bits per heavy atom. The topological polar surface area (TPSA) is 84.6 Å². The summed E-state index contributed by atoms with van der Waals surface area (Å²) in [7, 11) is 1.60. The lowest BCUT2D eigenvalue weighted by molar-refractivity contribution is -0.384. The molecule has 0 aliphatic rings. The molecule has 0 saturated carbocycles. The predicted molar refractivity (Wildman–Crippen MR) is 102 cm³/mol. The highest BCUT2D eigenvalue weighted by Crippen LogP contribution is 2.35. The van der Waals surface area contributed by atoms with Gasteiger partial charge in [-0.1, -0.05) is 12.1 Å². The minimum Gasteiger partial charge on any atom is -0.497 e. The molecule has 1 unspecified atom stereocenters. The highest BCUT2D eigenvalue weighted by molar-refractivity contribution is 9.10. The highest BCUT2D eigenvalue weighted by Gasteiger charge is 2.19. The van der Waals surface area contributed by atoms with E-state index in [0.29, 0.717) is 16.6 Å². The van der Waals surface area contributed by atoms with Crippen molar-refractivity contribution in [3.8, 4) is 5.75 Å². The monoisotopic (exact) mass is 428 g/mol. The number of rotatable bonds is 8. The van der Waals surface area contributed by atoms with Crippen LogP contribution in [0.2, 0.25) is 0 Å². The van der Waals surface area contributed by atoms with Gasteiger partial charge in [-0.25, -0.2) is 0 Å². The molecule has 0 heterocycles. The second kappa shape index (κ2) is 9.03. The van der Waals surface area contributed by atoms with Crippen LogP contribution in [0.5, 0.6) is 5.75 Å². The highest BCUT2D eigenvalue weighted by atomic mass is 79.9. The summed E-state index contributed by atoms with van der Waals surface area (Å²) in [4.78, 5) is 11.0. The van der Waals surface area contributed by atoms with Crippen molar-refractivity contribution < 1.29 is 14.8 Å². The molecule has 0 radical (unpaired) electrons. The molecule has 25 heavy (non-hydrogen) atoms. The average Bonchev–Trinajstić information content (AvgIpc) is 2.60. The number of ether oxygens (including phenoxy) is 1. The number of hydrogen-bond acceptors (Lipinski definition) is 5. The summed E-state index contributed by atoms with van der Waals surface area (Å²) in [5.74, 6) is 0.807. The molecule has 0 amide bonds. The van der Waals surface area contributed by atoms with Crippen LogP contribution in [0.15, 0.2) is 40.9 Å². The van der Waals surface area contributed by atoms with E-state index in [4.69, 9.17) is 16.3 Å². The number of aliphatic hydroxyl groups excluding tert-OH is 1. The maximum atomic E-state index is 11.4. The van der Waals surface area contributed by atoms with Crippen LogP contribution in [-0.4, -0.2) is 35.7 Å². The summed E-state index contributed by atoms with van der Waals surface area (Å²) in [5, 5.41) is 23.8. The van der Waals surface area contributed by atoms with E-state index < -0.39 is 11.0 Å². The van der Waals surface area contributed by atoms with Crippen LogP contribution >= 0.6 is 27.5 Å². The van der Waals surface area contributed by atoms with Crippen molar-refractivity contribution in [2.45, 2.75) is 12.5 Å². The number of alkyl halides is 1. The smallest absolute Gasteiger partial charge is 0.293 e. The molecule has 1 atom stereocenters. The van der Waals surface area contributed by atoms with Gasteiger partial charge in [-0.2, -0.15) is 0 Å². The molecular formula is C17H18BrClN2O4. The quantitative estimate of drug-likeness (QED) is 0.377. The number of nitro groups is 1. The van der Waals surface area contributed by atoms with E-state index in [1.807, 2.05) is 30.3 Å². The van der Waals surface area contributed by atoms with E-state index >= 15 is 0 Å². The van der Waals surface area contributed by atoms with E-state index in [9.17, 15) is 15.2 Å². The molecule has 2 aromatic rings. The third-order valence-corrected chi connectivity index (χ3v) is 4.57. The van der Waals surface area contributed by atoms with Crippen LogP contribution in [0.1, 0.15) is 11.1 Å². The molecule has 2 N–H and O–H groups in total. The minimum absolute atomic E-state index is 0.0496. The van der Waals surface area contributed by atoms with E-state index in [0.717, 1.165) is 16.9 Å². The Labute approximate surface area is 159 Å². The molecule has 0 spiro atoms. The van der Waals surface area contributed by atoms with E-state index in [1.165, 1.54) is 6.07 Å². The van der Waals surface area contributed by atoms with Gasteiger partial charge in [0.25, 0.3) is 5.69 Å².